The highest BCUT2D eigenvalue weighted by Gasteiger charge is 2.16. The molecule has 3 N–H and O–H groups in total. The van der Waals surface area contributed by atoms with Crippen LogP contribution in [0.15, 0.2) is 33.2 Å². The van der Waals surface area contributed by atoms with Gasteiger partial charge in [0.2, 0.25) is 0 Å². The van der Waals surface area contributed by atoms with Crippen LogP contribution in [0.2, 0.25) is 0 Å². The Morgan fingerprint density at radius 1 is 1.17 bits per heavy atom. The van der Waals surface area contributed by atoms with Crippen molar-refractivity contribution in [3.05, 3.63) is 34.2 Å². The number of thioether (sulfide) groups is 1. The lowest BCUT2D eigenvalue weighted by atomic mass is 10.0. The van der Waals surface area contributed by atoms with E-state index < -0.39 is 0 Å². The largest absolute Gasteiger partial charge is 0.363 e. The SMILES string of the molecule is O=c1[nH]c2ccc(C3=NN=C(NCCC4CCCC4)SC3)cc2[nH]1. The van der Waals surface area contributed by atoms with Gasteiger partial charge in [-0.25, -0.2) is 4.79 Å². The Bertz CT molecular complexity index is 844. The number of imidazole rings is 1. The van der Waals surface area contributed by atoms with Crippen LogP contribution in [0.3, 0.4) is 0 Å². The molecule has 0 amide bonds. The van der Waals surface area contributed by atoms with Crippen molar-refractivity contribution >= 4 is 33.7 Å². The predicted molar refractivity (Wildman–Crippen MR) is 99.9 cm³/mol. The molecule has 24 heavy (non-hydrogen) atoms. The number of nitrogens with zero attached hydrogens (tertiary/aromatic N) is 2. The summed E-state index contributed by atoms with van der Waals surface area (Å²) in [4.78, 5) is 16.9. The van der Waals surface area contributed by atoms with E-state index in [4.69, 9.17) is 0 Å². The molecule has 7 heteroatoms. The third-order valence-electron chi connectivity index (χ3n) is 4.76. The van der Waals surface area contributed by atoms with Gasteiger partial charge in [0.25, 0.3) is 0 Å². The number of rotatable bonds is 4. The maximum Gasteiger partial charge on any atom is 0.323 e. The van der Waals surface area contributed by atoms with Crippen molar-refractivity contribution < 1.29 is 0 Å². The number of aromatic amines is 2. The zero-order chi connectivity index (χ0) is 16.4. The number of benzene rings is 1. The molecule has 6 nitrogen and oxygen atoms in total. The minimum atomic E-state index is -0.186. The zero-order valence-electron chi connectivity index (χ0n) is 13.5. The highest BCUT2D eigenvalue weighted by atomic mass is 32.2. The quantitative estimate of drug-likeness (QED) is 0.798. The summed E-state index contributed by atoms with van der Waals surface area (Å²) in [5.74, 6) is 1.68. The monoisotopic (exact) mass is 343 g/mol. The van der Waals surface area contributed by atoms with Crippen LogP contribution in [0, 0.1) is 5.92 Å². The molecule has 2 aliphatic rings. The van der Waals surface area contributed by atoms with Crippen LogP contribution >= 0.6 is 11.8 Å². The molecule has 1 aliphatic carbocycles. The molecule has 2 aromatic rings. The highest BCUT2D eigenvalue weighted by molar-refractivity contribution is 8.14. The number of fused-ring (bicyclic) bond motifs is 1. The standard InChI is InChI=1S/C17H21N5OS/c23-16-19-13-6-5-12(9-14(13)20-16)15-10-24-17(22-21-15)18-8-7-11-3-1-2-4-11/h5-6,9,11H,1-4,7-8,10H2,(H,18,22)(H2,19,20,23). The van der Waals surface area contributed by atoms with Gasteiger partial charge in [0.1, 0.15) is 0 Å². The molecule has 2 heterocycles. The van der Waals surface area contributed by atoms with Crippen molar-refractivity contribution in [1.29, 1.82) is 0 Å². The third kappa shape index (κ3) is 3.40. The lowest BCUT2D eigenvalue weighted by Gasteiger charge is -2.15. The minimum Gasteiger partial charge on any atom is -0.363 e. The minimum absolute atomic E-state index is 0.186. The Hall–Kier alpha value is -2.02. The summed E-state index contributed by atoms with van der Waals surface area (Å²) < 4.78 is 0. The summed E-state index contributed by atoms with van der Waals surface area (Å²) in [6.45, 7) is 0.984. The topological polar surface area (TPSA) is 85.4 Å². The van der Waals surface area contributed by atoms with Crippen LogP contribution in [0.25, 0.3) is 11.0 Å². The summed E-state index contributed by atoms with van der Waals surface area (Å²) in [6, 6.07) is 5.81. The number of hydrogen-bond donors (Lipinski definition) is 3. The summed E-state index contributed by atoms with van der Waals surface area (Å²) in [5.41, 5.74) is 3.36. The molecular weight excluding hydrogens is 322 g/mol. The summed E-state index contributed by atoms with van der Waals surface area (Å²) in [5, 5.41) is 13.0. The van der Waals surface area contributed by atoms with Crippen LogP contribution in [-0.4, -0.2) is 33.1 Å². The van der Waals surface area contributed by atoms with Crippen LogP contribution in [0.4, 0.5) is 0 Å². The summed E-state index contributed by atoms with van der Waals surface area (Å²) in [7, 11) is 0. The number of amidine groups is 1. The van der Waals surface area contributed by atoms with E-state index in [1.54, 1.807) is 11.8 Å². The Labute approximate surface area is 144 Å². The Morgan fingerprint density at radius 3 is 2.79 bits per heavy atom. The third-order valence-corrected chi connectivity index (χ3v) is 5.68. The first-order chi connectivity index (χ1) is 11.8. The van der Waals surface area contributed by atoms with Crippen molar-refractivity contribution in [1.82, 2.24) is 15.3 Å². The van der Waals surface area contributed by atoms with E-state index in [-0.39, 0.29) is 5.69 Å². The first-order valence-corrected chi connectivity index (χ1v) is 9.50. The Kier molecular flexibility index (Phi) is 4.42. The highest BCUT2D eigenvalue weighted by Crippen LogP contribution is 2.27. The number of nitrogens with one attached hydrogen (secondary N) is 3. The van der Waals surface area contributed by atoms with E-state index in [0.29, 0.717) is 0 Å². The van der Waals surface area contributed by atoms with Gasteiger partial charge in [-0.05, 0) is 24.5 Å². The van der Waals surface area contributed by atoms with Crippen LogP contribution < -0.4 is 11.0 Å². The fourth-order valence-corrected chi connectivity index (χ4v) is 4.22. The summed E-state index contributed by atoms with van der Waals surface area (Å²) >= 11 is 1.69. The molecule has 0 bridgehead atoms. The molecule has 1 fully saturated rings. The second-order valence-corrected chi connectivity index (χ2v) is 7.41. The van der Waals surface area contributed by atoms with E-state index in [9.17, 15) is 4.79 Å². The van der Waals surface area contributed by atoms with Gasteiger partial charge in [-0.2, -0.15) is 5.10 Å². The van der Waals surface area contributed by atoms with Gasteiger partial charge in [-0.15, -0.1) is 5.10 Å². The zero-order valence-corrected chi connectivity index (χ0v) is 14.3. The molecule has 0 atom stereocenters. The van der Waals surface area contributed by atoms with Crippen LogP contribution in [0.5, 0.6) is 0 Å². The maximum absolute atomic E-state index is 11.3. The lowest BCUT2D eigenvalue weighted by molar-refractivity contribution is 0.501. The molecule has 0 unspecified atom stereocenters. The second kappa shape index (κ2) is 6.84. The molecule has 1 saturated carbocycles. The number of hydrogen-bond acceptors (Lipinski definition) is 5. The molecule has 0 radical (unpaired) electrons. The van der Waals surface area contributed by atoms with Gasteiger partial charge in [0.05, 0.1) is 16.7 Å². The first-order valence-electron chi connectivity index (χ1n) is 8.51. The van der Waals surface area contributed by atoms with Gasteiger partial charge in [-0.3, -0.25) is 0 Å². The van der Waals surface area contributed by atoms with E-state index in [1.807, 2.05) is 18.2 Å². The van der Waals surface area contributed by atoms with Gasteiger partial charge in [-0.1, -0.05) is 43.5 Å². The molecule has 0 saturated heterocycles. The molecule has 1 aromatic heterocycles. The predicted octanol–water partition coefficient (Wildman–Crippen LogP) is 2.83. The van der Waals surface area contributed by atoms with Crippen molar-refractivity contribution in [3.8, 4) is 0 Å². The van der Waals surface area contributed by atoms with Crippen molar-refractivity contribution in [2.75, 3.05) is 12.3 Å². The molecule has 126 valence electrons. The molecule has 1 aromatic carbocycles. The molecule has 4 rings (SSSR count). The first kappa shape index (κ1) is 15.5. The Balaban J connectivity index is 1.40. The van der Waals surface area contributed by atoms with E-state index >= 15 is 0 Å². The fourth-order valence-electron chi connectivity index (χ4n) is 3.42. The van der Waals surface area contributed by atoms with Crippen LogP contribution in [-0.2, 0) is 0 Å². The van der Waals surface area contributed by atoms with E-state index in [0.717, 1.165) is 45.7 Å². The van der Waals surface area contributed by atoms with E-state index in [2.05, 4.69) is 25.5 Å². The van der Waals surface area contributed by atoms with Gasteiger partial charge in [0, 0.05) is 17.9 Å². The average molecular weight is 343 g/mol. The normalized spacial score (nSPS) is 18.7. The van der Waals surface area contributed by atoms with Crippen molar-refractivity contribution in [3.63, 3.8) is 0 Å². The van der Waals surface area contributed by atoms with Crippen LogP contribution in [0.1, 0.15) is 37.7 Å². The average Bonchev–Trinajstić information content (AvgIpc) is 3.23. The van der Waals surface area contributed by atoms with Gasteiger partial charge >= 0.3 is 5.69 Å². The molecular formula is C17H21N5OS. The van der Waals surface area contributed by atoms with Crippen molar-refractivity contribution in [2.24, 2.45) is 16.1 Å². The molecule has 0 spiro atoms. The molecule has 1 aliphatic heterocycles. The number of aromatic nitrogens is 2. The number of H-pyrrole nitrogens is 2. The Morgan fingerprint density at radius 2 is 2.00 bits per heavy atom. The smallest absolute Gasteiger partial charge is 0.323 e. The van der Waals surface area contributed by atoms with Gasteiger partial charge < -0.3 is 15.3 Å². The van der Waals surface area contributed by atoms with E-state index in [1.165, 1.54) is 32.1 Å². The second-order valence-electron chi connectivity index (χ2n) is 6.45. The van der Waals surface area contributed by atoms with Crippen molar-refractivity contribution in [2.45, 2.75) is 32.1 Å². The van der Waals surface area contributed by atoms with Gasteiger partial charge in [0.15, 0.2) is 5.17 Å². The lowest BCUT2D eigenvalue weighted by Crippen LogP contribution is -2.26. The maximum atomic E-state index is 11.3. The summed E-state index contributed by atoms with van der Waals surface area (Å²) in [6.07, 6.45) is 6.78. The fraction of sp³-hybridized carbons (Fsp3) is 0.471.